The summed E-state index contributed by atoms with van der Waals surface area (Å²) in [6.07, 6.45) is 2.36. The second-order valence-electron chi connectivity index (χ2n) is 3.79. The average Bonchev–Trinajstić information content (AvgIpc) is 2.33. The zero-order valence-electron chi connectivity index (χ0n) is 10.1. The monoisotopic (exact) mass is 256 g/mol. The first-order chi connectivity index (χ1) is 8.10. The van der Waals surface area contributed by atoms with E-state index in [1.165, 1.54) is 10.6 Å². The Bertz CT molecular complexity index is 442. The number of amides is 1. The van der Waals surface area contributed by atoms with Crippen molar-refractivity contribution in [2.45, 2.75) is 13.3 Å². The minimum absolute atomic E-state index is 0.115. The van der Waals surface area contributed by atoms with Gasteiger partial charge in [-0.3, -0.25) is 9.59 Å². The first kappa shape index (κ1) is 13.8. The summed E-state index contributed by atoms with van der Waals surface area (Å²) in [5.74, 6) is 0.413. The number of hydrogen-bond donors (Lipinski definition) is 0. The lowest BCUT2D eigenvalue weighted by Crippen LogP contribution is -2.33. The minimum atomic E-state index is -0.177. The molecule has 0 aliphatic carbocycles. The number of aryl methyl sites for hydroxylation is 1. The summed E-state index contributed by atoms with van der Waals surface area (Å²) in [5.41, 5.74) is 0.258. The lowest BCUT2D eigenvalue weighted by molar-refractivity contribution is 0.0764. The van der Waals surface area contributed by atoms with Gasteiger partial charge >= 0.3 is 0 Å². The quantitative estimate of drug-likeness (QED) is 0.749. The maximum Gasteiger partial charge on any atom is 0.254 e. The molecule has 0 saturated heterocycles. The molecule has 0 radical (unpaired) electrons. The first-order valence-corrected chi connectivity index (χ1v) is 6.15. The number of carbonyl (C=O) groups is 1. The Morgan fingerprint density at radius 3 is 2.76 bits per heavy atom. The van der Waals surface area contributed by atoms with Gasteiger partial charge in [-0.2, -0.15) is 0 Å². The van der Waals surface area contributed by atoms with Gasteiger partial charge in [-0.15, -0.1) is 11.6 Å². The molecule has 4 nitrogen and oxygen atoms in total. The number of pyridine rings is 1. The van der Waals surface area contributed by atoms with Crippen molar-refractivity contribution in [1.29, 1.82) is 0 Å². The number of carbonyl (C=O) groups excluding carboxylic acids is 1. The minimum Gasteiger partial charge on any atom is -0.339 e. The predicted octanol–water partition coefficient (Wildman–Crippen LogP) is 1.48. The molecule has 1 aromatic rings. The fourth-order valence-electron chi connectivity index (χ4n) is 1.52. The molecule has 0 atom stereocenters. The van der Waals surface area contributed by atoms with E-state index in [1.54, 1.807) is 24.2 Å². The van der Waals surface area contributed by atoms with Gasteiger partial charge in [-0.1, -0.05) is 0 Å². The molecule has 1 aromatic heterocycles. The molecule has 0 fully saturated rings. The van der Waals surface area contributed by atoms with Crippen LogP contribution in [0.3, 0.4) is 0 Å². The fourth-order valence-corrected chi connectivity index (χ4v) is 1.64. The molecule has 0 unspecified atom stereocenters. The highest BCUT2D eigenvalue weighted by atomic mass is 35.5. The van der Waals surface area contributed by atoms with Crippen LogP contribution in [0.15, 0.2) is 23.1 Å². The molecule has 94 valence electrons. The summed E-state index contributed by atoms with van der Waals surface area (Å²) in [6, 6.07) is 3.03. The maximum atomic E-state index is 12.1. The molecule has 1 rings (SSSR count). The van der Waals surface area contributed by atoms with Crippen LogP contribution in [-0.2, 0) is 7.05 Å². The van der Waals surface area contributed by atoms with Crippen LogP contribution in [-0.4, -0.2) is 34.3 Å². The van der Waals surface area contributed by atoms with E-state index < -0.39 is 0 Å². The van der Waals surface area contributed by atoms with Crippen LogP contribution in [0.4, 0.5) is 0 Å². The normalized spacial score (nSPS) is 10.3. The number of alkyl halides is 1. The van der Waals surface area contributed by atoms with E-state index in [0.29, 0.717) is 24.5 Å². The van der Waals surface area contributed by atoms with Crippen LogP contribution in [0.1, 0.15) is 23.7 Å². The van der Waals surface area contributed by atoms with Crippen molar-refractivity contribution in [3.05, 3.63) is 34.2 Å². The van der Waals surface area contributed by atoms with E-state index in [-0.39, 0.29) is 11.5 Å². The van der Waals surface area contributed by atoms with Crippen LogP contribution in [0, 0.1) is 0 Å². The summed E-state index contributed by atoms with van der Waals surface area (Å²) in [7, 11) is 1.65. The molecule has 0 N–H and O–H groups in total. The van der Waals surface area contributed by atoms with E-state index in [1.807, 2.05) is 6.92 Å². The van der Waals surface area contributed by atoms with E-state index in [2.05, 4.69) is 0 Å². The van der Waals surface area contributed by atoms with Crippen molar-refractivity contribution >= 4 is 17.5 Å². The van der Waals surface area contributed by atoms with Crippen molar-refractivity contribution in [2.75, 3.05) is 19.0 Å². The molecule has 0 saturated carbocycles. The average molecular weight is 257 g/mol. The fraction of sp³-hybridized carbons (Fsp3) is 0.500. The van der Waals surface area contributed by atoms with Gasteiger partial charge in [-0.05, 0) is 19.4 Å². The van der Waals surface area contributed by atoms with Gasteiger partial charge in [0.05, 0.1) is 0 Å². The molecule has 1 amide bonds. The third kappa shape index (κ3) is 3.60. The van der Waals surface area contributed by atoms with Crippen LogP contribution in [0.25, 0.3) is 0 Å². The second-order valence-corrected chi connectivity index (χ2v) is 4.17. The van der Waals surface area contributed by atoms with Crippen LogP contribution in [0.5, 0.6) is 0 Å². The van der Waals surface area contributed by atoms with Crippen molar-refractivity contribution in [3.63, 3.8) is 0 Å². The SMILES string of the molecule is CCN(CCCCl)C(=O)c1ccn(C)c(=O)c1. The lowest BCUT2D eigenvalue weighted by atomic mass is 10.2. The molecule has 5 heteroatoms. The predicted molar refractivity (Wildman–Crippen MR) is 68.6 cm³/mol. The first-order valence-electron chi connectivity index (χ1n) is 5.62. The van der Waals surface area contributed by atoms with Gasteiger partial charge in [0.1, 0.15) is 0 Å². The Balaban J connectivity index is 2.86. The third-order valence-electron chi connectivity index (χ3n) is 2.58. The van der Waals surface area contributed by atoms with E-state index in [9.17, 15) is 9.59 Å². The van der Waals surface area contributed by atoms with Crippen molar-refractivity contribution in [2.24, 2.45) is 7.05 Å². The summed E-state index contributed by atoms with van der Waals surface area (Å²) in [6.45, 7) is 3.14. The summed E-state index contributed by atoms with van der Waals surface area (Å²) in [4.78, 5) is 25.2. The Labute approximate surface area is 106 Å². The van der Waals surface area contributed by atoms with Crippen molar-refractivity contribution in [1.82, 2.24) is 9.47 Å². The van der Waals surface area contributed by atoms with Gasteiger partial charge < -0.3 is 9.47 Å². The smallest absolute Gasteiger partial charge is 0.254 e. The second kappa shape index (κ2) is 6.45. The van der Waals surface area contributed by atoms with E-state index in [0.717, 1.165) is 6.42 Å². The summed E-state index contributed by atoms with van der Waals surface area (Å²) >= 11 is 5.61. The highest BCUT2D eigenvalue weighted by molar-refractivity contribution is 6.17. The van der Waals surface area contributed by atoms with Crippen LogP contribution >= 0.6 is 11.6 Å². The topological polar surface area (TPSA) is 42.3 Å². The highest BCUT2D eigenvalue weighted by Gasteiger charge is 2.14. The molecule has 0 aliphatic heterocycles. The lowest BCUT2D eigenvalue weighted by Gasteiger charge is -2.20. The van der Waals surface area contributed by atoms with Crippen LogP contribution in [0.2, 0.25) is 0 Å². The van der Waals surface area contributed by atoms with Crippen LogP contribution < -0.4 is 5.56 Å². The highest BCUT2D eigenvalue weighted by Crippen LogP contribution is 2.03. The number of hydrogen-bond acceptors (Lipinski definition) is 2. The molecule has 0 spiro atoms. The number of rotatable bonds is 5. The Hall–Kier alpha value is -1.29. The largest absolute Gasteiger partial charge is 0.339 e. The third-order valence-corrected chi connectivity index (χ3v) is 2.85. The summed E-state index contributed by atoms with van der Waals surface area (Å²) in [5, 5.41) is 0. The Kier molecular flexibility index (Phi) is 5.22. The molecular weight excluding hydrogens is 240 g/mol. The zero-order chi connectivity index (χ0) is 12.8. The maximum absolute atomic E-state index is 12.1. The van der Waals surface area contributed by atoms with Gasteiger partial charge in [0, 0.05) is 43.8 Å². The number of aromatic nitrogens is 1. The molecule has 0 bridgehead atoms. The van der Waals surface area contributed by atoms with E-state index in [4.69, 9.17) is 11.6 Å². The molecule has 17 heavy (non-hydrogen) atoms. The standard InChI is InChI=1S/C12H17ClN2O2/c1-3-15(7-4-6-13)12(17)10-5-8-14(2)11(16)9-10/h5,8-9H,3-4,6-7H2,1-2H3. The van der Waals surface area contributed by atoms with E-state index >= 15 is 0 Å². The van der Waals surface area contributed by atoms with Gasteiger partial charge in [0.15, 0.2) is 0 Å². The summed E-state index contributed by atoms with van der Waals surface area (Å²) < 4.78 is 1.44. The molecule has 0 aliphatic rings. The van der Waals surface area contributed by atoms with Gasteiger partial charge in [0.2, 0.25) is 0 Å². The molecule has 1 heterocycles. The molecule has 0 aromatic carbocycles. The van der Waals surface area contributed by atoms with Gasteiger partial charge in [-0.25, -0.2) is 0 Å². The van der Waals surface area contributed by atoms with Gasteiger partial charge in [0.25, 0.3) is 11.5 Å². The Morgan fingerprint density at radius 2 is 2.24 bits per heavy atom. The zero-order valence-corrected chi connectivity index (χ0v) is 10.9. The number of nitrogens with zero attached hydrogens (tertiary/aromatic N) is 2. The Morgan fingerprint density at radius 1 is 1.53 bits per heavy atom. The van der Waals surface area contributed by atoms with Crippen molar-refractivity contribution < 1.29 is 4.79 Å². The molecular formula is C12H17ClN2O2. The number of halogens is 1. The van der Waals surface area contributed by atoms with Crippen molar-refractivity contribution in [3.8, 4) is 0 Å².